The number of hydrogen-bond donors (Lipinski definition) is 0. The van der Waals surface area contributed by atoms with E-state index in [9.17, 15) is 0 Å². The van der Waals surface area contributed by atoms with Crippen LogP contribution in [0.3, 0.4) is 0 Å². The van der Waals surface area contributed by atoms with E-state index in [0.717, 1.165) is 29.0 Å². The van der Waals surface area contributed by atoms with Crippen molar-refractivity contribution in [3.05, 3.63) is 149 Å². The molecule has 0 aliphatic heterocycles. The molecule has 1 aliphatic rings. The van der Waals surface area contributed by atoms with E-state index in [2.05, 4.69) is 154 Å². The average molecular weight is 607 g/mol. The van der Waals surface area contributed by atoms with Gasteiger partial charge in [0, 0.05) is 29.3 Å². The average Bonchev–Trinajstić information content (AvgIpc) is 3.04. The highest BCUT2D eigenvalue weighted by molar-refractivity contribution is 5.78. The molecule has 0 saturated heterocycles. The fourth-order valence-corrected chi connectivity index (χ4v) is 6.03. The zero-order valence-electron chi connectivity index (χ0n) is 28.9. The minimum Gasteiger partial charge on any atom is -0.331 e. The van der Waals surface area contributed by atoms with E-state index < -0.39 is 0 Å². The van der Waals surface area contributed by atoms with Crippen LogP contribution in [0.5, 0.6) is 0 Å². The van der Waals surface area contributed by atoms with Crippen LogP contribution in [0.2, 0.25) is 0 Å². The van der Waals surface area contributed by atoms with Crippen molar-refractivity contribution in [3.63, 3.8) is 0 Å². The van der Waals surface area contributed by atoms with Gasteiger partial charge in [0.2, 0.25) is 0 Å². The van der Waals surface area contributed by atoms with Gasteiger partial charge >= 0.3 is 0 Å². The highest BCUT2D eigenvalue weighted by Gasteiger charge is 2.20. The third-order valence-electron chi connectivity index (χ3n) is 8.76. The molecule has 0 fully saturated rings. The number of rotatable bonds is 11. The van der Waals surface area contributed by atoms with Crippen LogP contribution in [0.4, 0.5) is 17.1 Å². The van der Waals surface area contributed by atoms with Crippen LogP contribution in [-0.4, -0.2) is 6.54 Å². The van der Waals surface area contributed by atoms with Crippen molar-refractivity contribution in [1.82, 2.24) is 0 Å². The molecule has 0 aromatic heterocycles. The predicted molar refractivity (Wildman–Crippen MR) is 203 cm³/mol. The molecule has 2 nitrogen and oxygen atoms in total. The number of hydrogen-bond acceptors (Lipinski definition) is 2. The Morgan fingerprint density at radius 3 is 2.22 bits per heavy atom. The summed E-state index contributed by atoms with van der Waals surface area (Å²) in [7, 11) is 0. The molecule has 46 heavy (non-hydrogen) atoms. The minimum atomic E-state index is 0.590. The van der Waals surface area contributed by atoms with Crippen molar-refractivity contribution in [2.75, 3.05) is 16.3 Å². The molecular weight excluding hydrogens is 556 g/mol. The Labute approximate surface area is 278 Å². The molecule has 0 spiro atoms. The van der Waals surface area contributed by atoms with Crippen molar-refractivity contribution in [2.45, 2.75) is 67.7 Å². The third-order valence-corrected chi connectivity index (χ3v) is 8.76. The Kier molecular flexibility index (Phi) is 11.9. The highest BCUT2D eigenvalue weighted by Crippen LogP contribution is 2.39. The van der Waals surface area contributed by atoms with E-state index in [4.69, 9.17) is 6.42 Å². The van der Waals surface area contributed by atoms with E-state index in [1.54, 1.807) is 0 Å². The molecule has 2 heteroatoms. The van der Waals surface area contributed by atoms with Gasteiger partial charge < -0.3 is 9.80 Å². The molecule has 0 bridgehead atoms. The Morgan fingerprint density at radius 1 is 0.935 bits per heavy atom. The first-order valence-corrected chi connectivity index (χ1v) is 16.5. The fraction of sp³-hybridized carbons (Fsp3) is 0.273. The maximum atomic E-state index is 6.07. The first kappa shape index (κ1) is 34.1. The van der Waals surface area contributed by atoms with E-state index in [1.165, 1.54) is 57.7 Å². The fourth-order valence-electron chi connectivity index (χ4n) is 6.03. The molecule has 1 atom stereocenters. The van der Waals surface area contributed by atoms with Crippen LogP contribution in [0.15, 0.2) is 132 Å². The lowest BCUT2D eigenvalue weighted by molar-refractivity contribution is 0.563. The maximum Gasteiger partial charge on any atom is 0.0926 e. The minimum absolute atomic E-state index is 0.590. The highest BCUT2D eigenvalue weighted by atomic mass is 15.2. The number of aryl methyl sites for hydroxylation is 3. The molecule has 4 rings (SSSR count). The Morgan fingerprint density at radius 2 is 1.61 bits per heavy atom. The van der Waals surface area contributed by atoms with Gasteiger partial charge in [0.05, 0.1) is 5.70 Å². The molecule has 1 aliphatic carbocycles. The van der Waals surface area contributed by atoms with Crippen molar-refractivity contribution < 1.29 is 0 Å². The van der Waals surface area contributed by atoms with Gasteiger partial charge in [-0.2, -0.15) is 0 Å². The molecule has 3 aromatic rings. The normalized spacial score (nSPS) is 15.8. The molecule has 0 unspecified atom stereocenters. The van der Waals surface area contributed by atoms with E-state index in [1.807, 2.05) is 19.9 Å². The van der Waals surface area contributed by atoms with Crippen LogP contribution < -0.4 is 9.80 Å². The lowest BCUT2D eigenvalue weighted by Gasteiger charge is -2.32. The summed E-state index contributed by atoms with van der Waals surface area (Å²) in [6, 6.07) is 22.5. The second-order valence-corrected chi connectivity index (χ2v) is 12.6. The third kappa shape index (κ3) is 8.49. The summed E-state index contributed by atoms with van der Waals surface area (Å²) in [6.45, 7) is 19.6. The van der Waals surface area contributed by atoms with Gasteiger partial charge in [0.15, 0.2) is 0 Å². The van der Waals surface area contributed by atoms with E-state index in [-0.39, 0.29) is 0 Å². The van der Waals surface area contributed by atoms with Gasteiger partial charge in [0.1, 0.15) is 0 Å². The first-order chi connectivity index (χ1) is 22.1. The standard InChI is InChI=1S/C44H50N2/c1-10-32(4)17-13-14-26-45(38(12-3)27-33(5)11-2)39-22-24-43(36(8)30-39)44-25-23-42(31-37(44)9)46(40-20-15-18-34(6)28-40)41-21-16-19-35(7)29-41/h3,10-11,13-15,17-18,20,22-25,27-31,35H,1,16,19,21,26H2,2,4-9H3/b14-13-,32-17-,33-11-,38-27+/t35-/m1/s1. The van der Waals surface area contributed by atoms with Crippen molar-refractivity contribution in [1.29, 1.82) is 0 Å². The van der Waals surface area contributed by atoms with Crippen LogP contribution in [0.1, 0.15) is 63.6 Å². The largest absolute Gasteiger partial charge is 0.331 e. The van der Waals surface area contributed by atoms with E-state index in [0.29, 0.717) is 12.5 Å². The Hall–Kier alpha value is -4.74. The van der Waals surface area contributed by atoms with E-state index >= 15 is 0 Å². The number of anilines is 3. The van der Waals surface area contributed by atoms with Crippen LogP contribution in [0.25, 0.3) is 11.1 Å². The summed E-state index contributed by atoms with van der Waals surface area (Å²) in [5.74, 6) is 3.53. The lowest BCUT2D eigenvalue weighted by atomic mass is 9.93. The maximum absolute atomic E-state index is 6.07. The lowest BCUT2D eigenvalue weighted by Crippen LogP contribution is -2.22. The molecular formula is C44H50N2. The van der Waals surface area contributed by atoms with Crippen molar-refractivity contribution in [2.24, 2.45) is 5.92 Å². The first-order valence-electron chi connectivity index (χ1n) is 16.5. The van der Waals surface area contributed by atoms with Gasteiger partial charge in [-0.25, -0.2) is 0 Å². The number of allylic oxidation sites excluding steroid dienone is 10. The smallest absolute Gasteiger partial charge is 0.0926 e. The van der Waals surface area contributed by atoms with Crippen LogP contribution in [0, 0.1) is 39.0 Å². The topological polar surface area (TPSA) is 6.48 Å². The molecule has 0 radical (unpaired) electrons. The summed E-state index contributed by atoms with van der Waals surface area (Å²) in [4.78, 5) is 4.67. The molecule has 0 heterocycles. The van der Waals surface area contributed by atoms with Gasteiger partial charge in [0.25, 0.3) is 0 Å². The second-order valence-electron chi connectivity index (χ2n) is 12.6. The van der Waals surface area contributed by atoms with Crippen molar-refractivity contribution in [3.8, 4) is 23.5 Å². The quantitative estimate of drug-likeness (QED) is 0.158. The molecule has 0 amide bonds. The predicted octanol–water partition coefficient (Wildman–Crippen LogP) is 12.1. The van der Waals surface area contributed by atoms with Gasteiger partial charge in [-0.1, -0.05) is 91.3 Å². The second kappa shape index (κ2) is 16.0. The van der Waals surface area contributed by atoms with Gasteiger partial charge in [-0.3, -0.25) is 0 Å². The summed E-state index contributed by atoms with van der Waals surface area (Å²) < 4.78 is 0. The Bertz CT molecular complexity index is 1750. The summed E-state index contributed by atoms with van der Waals surface area (Å²) in [5, 5.41) is 0. The van der Waals surface area contributed by atoms with Crippen LogP contribution >= 0.6 is 0 Å². The van der Waals surface area contributed by atoms with Gasteiger partial charge in [-0.05, 0) is 137 Å². The zero-order chi connectivity index (χ0) is 33.2. The number of terminal acetylenes is 1. The summed E-state index contributed by atoms with van der Waals surface area (Å²) in [5.41, 5.74) is 14.2. The number of benzene rings is 3. The zero-order valence-corrected chi connectivity index (χ0v) is 28.9. The molecule has 0 N–H and O–H groups in total. The number of nitrogens with zero attached hydrogens (tertiary/aromatic N) is 2. The SMILES string of the molecule is C#C/C(=C\C(C)=C/C)N(C/C=C\C=C(\C)C=C)c1ccc(-c2ccc(N(C3=C[C@H](C)CCC3)c3cccc(C)c3)cc2C)c(C)c1. The van der Waals surface area contributed by atoms with Crippen LogP contribution in [-0.2, 0) is 0 Å². The monoisotopic (exact) mass is 606 g/mol. The van der Waals surface area contributed by atoms with Gasteiger partial charge in [-0.15, -0.1) is 6.42 Å². The molecule has 236 valence electrons. The summed E-state index contributed by atoms with van der Waals surface area (Å²) in [6.07, 6.45) is 24.4. The molecule has 3 aromatic carbocycles. The molecule has 0 saturated carbocycles. The summed E-state index contributed by atoms with van der Waals surface area (Å²) >= 11 is 0. The van der Waals surface area contributed by atoms with Crippen molar-refractivity contribution >= 4 is 17.1 Å². The Balaban J connectivity index is 1.72.